The molecule has 8 heteroatoms. The summed E-state index contributed by atoms with van der Waals surface area (Å²) in [6.45, 7) is 9.44. The van der Waals surface area contributed by atoms with Crippen LogP contribution in [0, 0.1) is 6.92 Å². The van der Waals surface area contributed by atoms with Gasteiger partial charge in [0.25, 0.3) is 0 Å². The molecule has 7 nitrogen and oxygen atoms in total. The van der Waals surface area contributed by atoms with E-state index in [0.29, 0.717) is 36.0 Å². The third-order valence-electron chi connectivity index (χ3n) is 3.62. The van der Waals surface area contributed by atoms with Crippen molar-refractivity contribution in [3.8, 4) is 0 Å². The maximum absolute atomic E-state index is 13.0. The second-order valence-electron chi connectivity index (χ2n) is 5.47. The van der Waals surface area contributed by atoms with E-state index in [1.54, 1.807) is 6.92 Å². The van der Waals surface area contributed by atoms with Crippen LogP contribution < -0.4 is 5.32 Å². The van der Waals surface area contributed by atoms with Gasteiger partial charge in [0.2, 0.25) is 10.0 Å². The second kappa shape index (κ2) is 6.43. The Morgan fingerprint density at radius 1 is 1.48 bits per heavy atom. The highest BCUT2D eigenvalue weighted by Gasteiger charge is 2.37. The quantitative estimate of drug-likeness (QED) is 0.832. The van der Waals surface area contributed by atoms with Gasteiger partial charge in [-0.25, -0.2) is 8.42 Å². The van der Waals surface area contributed by atoms with Crippen LogP contribution in [0.1, 0.15) is 32.2 Å². The fourth-order valence-electron chi connectivity index (χ4n) is 2.50. The van der Waals surface area contributed by atoms with Crippen molar-refractivity contribution >= 4 is 10.0 Å². The van der Waals surface area contributed by atoms with Crippen LogP contribution in [0.2, 0.25) is 0 Å². The average Bonchev–Trinajstić information content (AvgIpc) is 2.80. The number of H-pyrrole nitrogens is 1. The molecule has 0 aliphatic carbocycles. The van der Waals surface area contributed by atoms with E-state index in [2.05, 4.69) is 15.5 Å². The number of morpholine rings is 1. The predicted molar refractivity (Wildman–Crippen MR) is 79.5 cm³/mol. The SMILES string of the molecule is CCNCc1n[nH]c(C)c1S(=O)(=O)N1CC(C)OCC1C. The van der Waals surface area contributed by atoms with Crippen LogP contribution in [-0.4, -0.2) is 54.8 Å². The number of aromatic nitrogens is 2. The van der Waals surface area contributed by atoms with Crippen molar-refractivity contribution in [2.24, 2.45) is 0 Å². The molecule has 2 heterocycles. The van der Waals surface area contributed by atoms with E-state index in [0.717, 1.165) is 6.54 Å². The molecule has 0 saturated carbocycles. The molecule has 0 bridgehead atoms. The summed E-state index contributed by atoms with van der Waals surface area (Å²) in [4.78, 5) is 0.296. The van der Waals surface area contributed by atoms with E-state index < -0.39 is 10.0 Å². The molecular weight excluding hydrogens is 292 g/mol. The average molecular weight is 316 g/mol. The van der Waals surface area contributed by atoms with Gasteiger partial charge in [-0.05, 0) is 27.3 Å². The van der Waals surface area contributed by atoms with Gasteiger partial charge in [0, 0.05) is 19.1 Å². The molecule has 1 fully saturated rings. The Morgan fingerprint density at radius 3 is 2.86 bits per heavy atom. The molecule has 2 unspecified atom stereocenters. The van der Waals surface area contributed by atoms with Crippen LogP contribution in [0.4, 0.5) is 0 Å². The third kappa shape index (κ3) is 3.28. The van der Waals surface area contributed by atoms with Crippen LogP contribution in [0.15, 0.2) is 4.90 Å². The molecule has 2 N–H and O–H groups in total. The van der Waals surface area contributed by atoms with Crippen LogP contribution in [0.3, 0.4) is 0 Å². The van der Waals surface area contributed by atoms with E-state index >= 15 is 0 Å². The van der Waals surface area contributed by atoms with Crippen LogP contribution >= 0.6 is 0 Å². The van der Waals surface area contributed by atoms with E-state index in [-0.39, 0.29) is 12.1 Å². The number of sulfonamides is 1. The highest BCUT2D eigenvalue weighted by molar-refractivity contribution is 7.89. The Hall–Kier alpha value is -0.960. The zero-order valence-electron chi connectivity index (χ0n) is 13.0. The number of hydrogen-bond donors (Lipinski definition) is 2. The lowest BCUT2D eigenvalue weighted by molar-refractivity contribution is -0.0170. The highest BCUT2D eigenvalue weighted by atomic mass is 32.2. The maximum atomic E-state index is 13.0. The van der Waals surface area contributed by atoms with Crippen molar-refractivity contribution in [3.63, 3.8) is 0 Å². The Bertz CT molecular complexity index is 584. The molecule has 1 aromatic rings. The summed E-state index contributed by atoms with van der Waals surface area (Å²) in [5.41, 5.74) is 1.12. The standard InChI is InChI=1S/C13H24N4O3S/c1-5-14-6-12-13(11(4)15-16-12)21(18,19)17-7-10(3)20-8-9(17)2/h9-10,14H,5-8H2,1-4H3,(H,15,16). The molecule has 2 atom stereocenters. The fraction of sp³-hybridized carbons (Fsp3) is 0.769. The van der Waals surface area contributed by atoms with Gasteiger partial charge in [-0.3, -0.25) is 5.10 Å². The molecule has 0 amide bonds. The van der Waals surface area contributed by atoms with Gasteiger partial charge >= 0.3 is 0 Å². The van der Waals surface area contributed by atoms with Crippen molar-refractivity contribution < 1.29 is 13.2 Å². The summed E-state index contributed by atoms with van der Waals surface area (Å²) < 4.78 is 33.0. The summed E-state index contributed by atoms with van der Waals surface area (Å²) in [6, 6.07) is -0.174. The predicted octanol–water partition coefficient (Wildman–Crippen LogP) is 0.626. The second-order valence-corrected chi connectivity index (χ2v) is 7.30. The Morgan fingerprint density at radius 2 is 2.19 bits per heavy atom. The minimum atomic E-state index is -3.57. The van der Waals surface area contributed by atoms with Crippen LogP contribution in [-0.2, 0) is 21.3 Å². The maximum Gasteiger partial charge on any atom is 0.247 e. The summed E-state index contributed by atoms with van der Waals surface area (Å²) >= 11 is 0. The lowest BCUT2D eigenvalue weighted by Crippen LogP contribution is -2.50. The minimum Gasteiger partial charge on any atom is -0.375 e. The first-order chi connectivity index (χ1) is 9.87. The summed E-state index contributed by atoms with van der Waals surface area (Å²) in [6.07, 6.45) is -0.0969. The van der Waals surface area contributed by atoms with Crippen LogP contribution in [0.25, 0.3) is 0 Å². The first kappa shape index (κ1) is 16.4. The van der Waals surface area contributed by atoms with Crippen molar-refractivity contribution in [2.45, 2.75) is 51.3 Å². The molecule has 21 heavy (non-hydrogen) atoms. The number of ether oxygens (including phenoxy) is 1. The van der Waals surface area contributed by atoms with Crippen molar-refractivity contribution in [1.29, 1.82) is 0 Å². The summed E-state index contributed by atoms with van der Waals surface area (Å²) in [5, 5.41) is 10.0. The number of nitrogens with one attached hydrogen (secondary N) is 2. The van der Waals surface area contributed by atoms with E-state index in [1.807, 2.05) is 20.8 Å². The molecule has 1 aliphatic heterocycles. The van der Waals surface area contributed by atoms with Gasteiger partial charge in [0.15, 0.2) is 0 Å². The number of aromatic amines is 1. The minimum absolute atomic E-state index is 0.0969. The molecular formula is C13H24N4O3S. The summed E-state index contributed by atoms with van der Waals surface area (Å²) in [7, 11) is -3.57. The number of nitrogens with zero attached hydrogens (tertiary/aromatic N) is 2. The number of rotatable bonds is 5. The van der Waals surface area contributed by atoms with Crippen molar-refractivity contribution in [2.75, 3.05) is 19.7 Å². The van der Waals surface area contributed by atoms with Crippen molar-refractivity contribution in [1.82, 2.24) is 19.8 Å². The molecule has 0 spiro atoms. The lowest BCUT2D eigenvalue weighted by Gasteiger charge is -2.35. The lowest BCUT2D eigenvalue weighted by atomic mass is 10.2. The zero-order valence-corrected chi connectivity index (χ0v) is 13.8. The summed E-state index contributed by atoms with van der Waals surface area (Å²) in [5.74, 6) is 0. The Labute approximate surface area is 126 Å². The first-order valence-corrected chi connectivity index (χ1v) is 8.70. The number of aryl methyl sites for hydroxylation is 1. The highest BCUT2D eigenvalue weighted by Crippen LogP contribution is 2.26. The Kier molecular flexibility index (Phi) is 5.03. The molecule has 0 radical (unpaired) electrons. The van der Waals surface area contributed by atoms with Gasteiger partial charge in [-0.15, -0.1) is 0 Å². The van der Waals surface area contributed by atoms with E-state index in [9.17, 15) is 8.42 Å². The Balaban J connectivity index is 2.36. The smallest absolute Gasteiger partial charge is 0.247 e. The molecule has 120 valence electrons. The van der Waals surface area contributed by atoms with Gasteiger partial charge in [0.05, 0.1) is 24.1 Å². The van der Waals surface area contributed by atoms with Gasteiger partial charge < -0.3 is 10.1 Å². The molecule has 2 rings (SSSR count). The molecule has 1 aliphatic rings. The van der Waals surface area contributed by atoms with E-state index in [4.69, 9.17) is 4.74 Å². The van der Waals surface area contributed by atoms with Crippen molar-refractivity contribution in [3.05, 3.63) is 11.4 Å². The van der Waals surface area contributed by atoms with Gasteiger partial charge in [-0.1, -0.05) is 6.92 Å². The topological polar surface area (TPSA) is 87.3 Å². The monoisotopic (exact) mass is 316 g/mol. The largest absolute Gasteiger partial charge is 0.375 e. The third-order valence-corrected chi connectivity index (χ3v) is 5.81. The number of hydrogen-bond acceptors (Lipinski definition) is 5. The first-order valence-electron chi connectivity index (χ1n) is 7.26. The molecule has 0 aromatic carbocycles. The van der Waals surface area contributed by atoms with Gasteiger partial charge in [-0.2, -0.15) is 9.40 Å². The normalized spacial score (nSPS) is 24.4. The van der Waals surface area contributed by atoms with Gasteiger partial charge in [0.1, 0.15) is 4.90 Å². The molecule has 1 aromatic heterocycles. The van der Waals surface area contributed by atoms with Crippen LogP contribution in [0.5, 0.6) is 0 Å². The van der Waals surface area contributed by atoms with E-state index in [1.165, 1.54) is 4.31 Å². The zero-order chi connectivity index (χ0) is 15.6. The fourth-order valence-corrected chi connectivity index (χ4v) is 4.52. The molecule has 1 saturated heterocycles.